The standard InChI is InChI=1S/C57H46N2O2/c1-35(2)46-15-9-11-17-51(46)58(42-13-7-6-8-14-42)44-25-21-38-31-49-48-27-28-53-56(57(48)61-54(49)33-40(38)29-44)50-32-39-22-26-45(30-41(39)34-55(50)60-53)59(43-23-19-37(5)20-24-43)52-18-12-10-16-47(52)36(3)4/h6-36H,1-5H3. The molecule has 0 radical (unpaired) electrons. The Morgan fingerprint density at radius 3 is 1.48 bits per heavy atom. The molecule has 0 spiro atoms. The first kappa shape index (κ1) is 36.8. The monoisotopic (exact) mass is 790 g/mol. The van der Waals surface area contributed by atoms with E-state index in [2.05, 4.69) is 220 Å². The number of para-hydroxylation sites is 3. The molecule has 11 aromatic rings. The molecule has 0 fully saturated rings. The molecule has 0 bridgehead atoms. The highest BCUT2D eigenvalue weighted by atomic mass is 16.3. The second-order valence-electron chi connectivity index (χ2n) is 17.0. The summed E-state index contributed by atoms with van der Waals surface area (Å²) >= 11 is 0. The summed E-state index contributed by atoms with van der Waals surface area (Å²) in [7, 11) is 0. The Morgan fingerprint density at radius 2 is 0.885 bits per heavy atom. The van der Waals surface area contributed by atoms with Crippen molar-refractivity contribution in [1.29, 1.82) is 0 Å². The lowest BCUT2D eigenvalue weighted by atomic mass is 9.98. The largest absolute Gasteiger partial charge is 0.456 e. The van der Waals surface area contributed by atoms with E-state index in [9.17, 15) is 0 Å². The molecule has 0 saturated heterocycles. The molecule has 0 aliphatic carbocycles. The van der Waals surface area contributed by atoms with Crippen molar-refractivity contribution in [1.82, 2.24) is 0 Å². The van der Waals surface area contributed by atoms with Gasteiger partial charge in [-0.2, -0.15) is 0 Å². The first-order valence-electron chi connectivity index (χ1n) is 21.4. The zero-order valence-electron chi connectivity index (χ0n) is 35.1. The van der Waals surface area contributed by atoms with Crippen molar-refractivity contribution in [3.05, 3.63) is 193 Å². The summed E-state index contributed by atoms with van der Waals surface area (Å²) in [6, 6.07) is 63.6. The first-order chi connectivity index (χ1) is 29.8. The number of benzene rings is 9. The highest BCUT2D eigenvalue weighted by molar-refractivity contribution is 6.24. The Balaban J connectivity index is 1.04. The Labute approximate surface area is 355 Å². The maximum Gasteiger partial charge on any atom is 0.147 e. The maximum atomic E-state index is 6.88. The Morgan fingerprint density at radius 1 is 0.377 bits per heavy atom. The molecule has 11 rings (SSSR count). The molecule has 2 heterocycles. The lowest BCUT2D eigenvalue weighted by molar-refractivity contribution is 0.663. The van der Waals surface area contributed by atoms with Crippen molar-refractivity contribution >= 4 is 99.5 Å². The summed E-state index contributed by atoms with van der Waals surface area (Å²) < 4.78 is 13.5. The molecule has 0 saturated carbocycles. The second-order valence-corrected chi connectivity index (χ2v) is 17.0. The molecule has 4 nitrogen and oxygen atoms in total. The first-order valence-corrected chi connectivity index (χ1v) is 21.4. The third-order valence-electron chi connectivity index (χ3n) is 12.4. The van der Waals surface area contributed by atoms with Crippen molar-refractivity contribution in [3.8, 4) is 0 Å². The minimum absolute atomic E-state index is 0.369. The molecule has 0 aliphatic rings. The van der Waals surface area contributed by atoms with Crippen molar-refractivity contribution in [3.63, 3.8) is 0 Å². The van der Waals surface area contributed by atoms with Gasteiger partial charge >= 0.3 is 0 Å². The van der Waals surface area contributed by atoms with Gasteiger partial charge in [-0.1, -0.05) is 112 Å². The van der Waals surface area contributed by atoms with Crippen molar-refractivity contribution < 1.29 is 8.83 Å². The van der Waals surface area contributed by atoms with E-state index in [0.29, 0.717) is 11.8 Å². The SMILES string of the molecule is Cc1ccc(N(c2ccc3cc4c(cc3c2)oc2ccc3c5cc6ccc(N(c7ccccc7)c7ccccc7C(C)C)cc6cc5oc3c24)c2ccccc2C(C)C)cc1. The number of hydrogen-bond donors (Lipinski definition) is 0. The zero-order valence-corrected chi connectivity index (χ0v) is 35.1. The minimum atomic E-state index is 0.369. The molecule has 9 aromatic carbocycles. The predicted octanol–water partition coefficient (Wildman–Crippen LogP) is 17.3. The number of nitrogens with zero attached hydrogens (tertiary/aromatic N) is 2. The number of furan rings is 2. The summed E-state index contributed by atoms with van der Waals surface area (Å²) in [4.78, 5) is 4.75. The molecule has 0 unspecified atom stereocenters. The fourth-order valence-corrected chi connectivity index (χ4v) is 9.32. The van der Waals surface area contributed by atoms with Crippen molar-refractivity contribution in [2.45, 2.75) is 46.5 Å². The molecule has 61 heavy (non-hydrogen) atoms. The van der Waals surface area contributed by atoms with E-state index < -0.39 is 0 Å². The van der Waals surface area contributed by atoms with Gasteiger partial charge in [0.15, 0.2) is 0 Å². The van der Waals surface area contributed by atoms with E-state index in [4.69, 9.17) is 8.83 Å². The molecule has 0 N–H and O–H groups in total. The minimum Gasteiger partial charge on any atom is -0.456 e. The fraction of sp³-hybridized carbons (Fsp3) is 0.123. The number of aryl methyl sites for hydroxylation is 1. The van der Waals surface area contributed by atoms with Crippen LogP contribution in [0.2, 0.25) is 0 Å². The second kappa shape index (κ2) is 14.5. The third kappa shape index (κ3) is 6.21. The Kier molecular flexibility index (Phi) is 8.71. The summed E-state index contributed by atoms with van der Waals surface area (Å²) in [6.45, 7) is 11.2. The van der Waals surface area contributed by atoms with Crippen LogP contribution in [0.3, 0.4) is 0 Å². The molecule has 0 aliphatic heterocycles. The van der Waals surface area contributed by atoms with Crippen LogP contribution in [0, 0.1) is 6.92 Å². The van der Waals surface area contributed by atoms with Crippen LogP contribution in [-0.4, -0.2) is 0 Å². The zero-order chi connectivity index (χ0) is 41.4. The molecule has 0 amide bonds. The fourth-order valence-electron chi connectivity index (χ4n) is 9.32. The molecule has 296 valence electrons. The van der Waals surface area contributed by atoms with Gasteiger partial charge in [0, 0.05) is 50.3 Å². The van der Waals surface area contributed by atoms with Crippen LogP contribution in [0.1, 0.15) is 56.2 Å². The van der Waals surface area contributed by atoms with Crippen molar-refractivity contribution in [2.75, 3.05) is 9.80 Å². The topological polar surface area (TPSA) is 32.8 Å². The predicted molar refractivity (Wildman–Crippen MR) is 258 cm³/mol. The molecular weight excluding hydrogens is 745 g/mol. The van der Waals surface area contributed by atoms with Gasteiger partial charge in [-0.3, -0.25) is 0 Å². The van der Waals surface area contributed by atoms with E-state index in [-0.39, 0.29) is 0 Å². The van der Waals surface area contributed by atoms with Crippen LogP contribution in [-0.2, 0) is 0 Å². The van der Waals surface area contributed by atoms with Crippen LogP contribution < -0.4 is 9.80 Å². The lowest BCUT2D eigenvalue weighted by Gasteiger charge is -2.29. The van der Waals surface area contributed by atoms with Gasteiger partial charge in [-0.15, -0.1) is 0 Å². The number of fused-ring (bicyclic) bond motifs is 9. The van der Waals surface area contributed by atoms with E-state index in [1.165, 1.54) is 33.5 Å². The summed E-state index contributed by atoms with van der Waals surface area (Å²) in [5.74, 6) is 0.741. The van der Waals surface area contributed by atoms with Gasteiger partial charge in [-0.25, -0.2) is 0 Å². The Bertz CT molecular complexity index is 3450. The average Bonchev–Trinajstić information content (AvgIpc) is 3.83. The van der Waals surface area contributed by atoms with Crippen molar-refractivity contribution in [2.24, 2.45) is 0 Å². The van der Waals surface area contributed by atoms with Crippen LogP contribution in [0.15, 0.2) is 185 Å². The number of hydrogen-bond acceptors (Lipinski definition) is 4. The van der Waals surface area contributed by atoms with Gasteiger partial charge in [0.25, 0.3) is 0 Å². The summed E-state index contributed by atoms with van der Waals surface area (Å²) in [5.41, 5.74) is 14.1. The van der Waals surface area contributed by atoms with E-state index in [1.54, 1.807) is 0 Å². The maximum absolute atomic E-state index is 6.88. The quantitative estimate of drug-likeness (QED) is 0.153. The van der Waals surface area contributed by atoms with Gasteiger partial charge < -0.3 is 18.6 Å². The summed E-state index contributed by atoms with van der Waals surface area (Å²) in [5, 5.41) is 8.79. The van der Waals surface area contributed by atoms with Crippen LogP contribution >= 0.6 is 0 Å². The van der Waals surface area contributed by atoms with Gasteiger partial charge in [0.2, 0.25) is 0 Å². The number of rotatable bonds is 8. The smallest absolute Gasteiger partial charge is 0.147 e. The molecular formula is C57H46N2O2. The van der Waals surface area contributed by atoms with Crippen LogP contribution in [0.5, 0.6) is 0 Å². The van der Waals surface area contributed by atoms with Crippen LogP contribution in [0.25, 0.3) is 65.4 Å². The molecule has 2 aromatic heterocycles. The van der Waals surface area contributed by atoms with E-state index in [1.807, 2.05) is 0 Å². The third-order valence-corrected chi connectivity index (χ3v) is 12.4. The van der Waals surface area contributed by atoms with E-state index >= 15 is 0 Å². The van der Waals surface area contributed by atoms with Gasteiger partial charge in [0.05, 0.1) is 5.39 Å². The highest BCUT2D eigenvalue weighted by Gasteiger charge is 2.22. The van der Waals surface area contributed by atoms with Gasteiger partial charge in [-0.05, 0) is 148 Å². The van der Waals surface area contributed by atoms with Crippen LogP contribution in [0.4, 0.5) is 34.1 Å². The summed E-state index contributed by atoms with van der Waals surface area (Å²) in [6.07, 6.45) is 0. The normalized spacial score (nSPS) is 12.0. The van der Waals surface area contributed by atoms with Gasteiger partial charge in [0.1, 0.15) is 22.3 Å². The lowest BCUT2D eigenvalue weighted by Crippen LogP contribution is -2.12. The molecule has 4 heteroatoms. The highest BCUT2D eigenvalue weighted by Crippen LogP contribution is 2.45. The molecule has 0 atom stereocenters. The Hall–Kier alpha value is -7.30. The average molecular weight is 791 g/mol. The number of anilines is 6. The van der Waals surface area contributed by atoms with E-state index in [0.717, 1.165) is 82.8 Å².